The van der Waals surface area contributed by atoms with Gasteiger partial charge in [0.1, 0.15) is 0 Å². The largest absolute Gasteiger partial charge is 0.266 e. The summed E-state index contributed by atoms with van der Waals surface area (Å²) in [6.07, 6.45) is 0.823. The lowest BCUT2D eigenvalue weighted by atomic mass is 10.2. The molecule has 0 spiro atoms. The van der Waals surface area contributed by atoms with Gasteiger partial charge in [-0.2, -0.15) is 0 Å². The Labute approximate surface area is 76.6 Å². The van der Waals surface area contributed by atoms with Crippen LogP contribution >= 0.6 is 0 Å². The number of benzene rings is 1. The SMILES string of the molecule is CCc1ccc(S(=O)(=O)NF)cc1. The number of hydrogen-bond acceptors (Lipinski definition) is 2. The Morgan fingerprint density at radius 1 is 1.31 bits per heavy atom. The van der Waals surface area contributed by atoms with Crippen LogP contribution in [0.3, 0.4) is 0 Å². The zero-order chi connectivity index (χ0) is 9.90. The molecule has 0 bridgehead atoms. The zero-order valence-electron chi connectivity index (χ0n) is 7.12. The number of hydrogen-bond donors (Lipinski definition) is 1. The van der Waals surface area contributed by atoms with Gasteiger partial charge >= 0.3 is 0 Å². The van der Waals surface area contributed by atoms with Crippen LogP contribution < -0.4 is 4.94 Å². The van der Waals surface area contributed by atoms with Crippen molar-refractivity contribution in [3.05, 3.63) is 29.8 Å². The molecule has 0 fully saturated rings. The molecule has 0 amide bonds. The molecule has 1 aromatic carbocycles. The van der Waals surface area contributed by atoms with Gasteiger partial charge in [0, 0.05) is 0 Å². The fraction of sp³-hybridized carbons (Fsp3) is 0.250. The Morgan fingerprint density at radius 2 is 1.85 bits per heavy atom. The van der Waals surface area contributed by atoms with Gasteiger partial charge in [-0.1, -0.05) is 19.1 Å². The highest BCUT2D eigenvalue weighted by Gasteiger charge is 2.11. The fourth-order valence-corrected chi connectivity index (χ4v) is 1.53. The van der Waals surface area contributed by atoms with Crippen molar-refractivity contribution in [1.29, 1.82) is 0 Å². The summed E-state index contributed by atoms with van der Waals surface area (Å²) in [5, 5.41) is 0. The predicted octanol–water partition coefficient (Wildman–Crippen LogP) is 1.41. The molecule has 3 nitrogen and oxygen atoms in total. The molecule has 0 aliphatic carbocycles. The van der Waals surface area contributed by atoms with E-state index < -0.39 is 10.0 Å². The van der Waals surface area contributed by atoms with Gasteiger partial charge in [0.15, 0.2) is 0 Å². The van der Waals surface area contributed by atoms with Crippen molar-refractivity contribution >= 4 is 10.0 Å². The Bertz CT molecular complexity index is 372. The summed E-state index contributed by atoms with van der Waals surface area (Å²) in [6, 6.07) is 6.07. The highest BCUT2D eigenvalue weighted by atomic mass is 32.2. The molecule has 0 saturated carbocycles. The van der Waals surface area contributed by atoms with E-state index in [1.54, 1.807) is 12.1 Å². The smallest absolute Gasteiger partial charge is 0.205 e. The van der Waals surface area contributed by atoms with Gasteiger partial charge < -0.3 is 0 Å². The number of rotatable bonds is 3. The molecular weight excluding hydrogens is 193 g/mol. The fourth-order valence-electron chi connectivity index (χ4n) is 0.949. The summed E-state index contributed by atoms with van der Waals surface area (Å²) in [6.45, 7) is 1.96. The van der Waals surface area contributed by atoms with E-state index in [9.17, 15) is 12.9 Å². The molecule has 0 saturated heterocycles. The summed E-state index contributed by atoms with van der Waals surface area (Å²) in [5.74, 6) is 0. The molecular formula is C8H10FNO2S. The first-order valence-electron chi connectivity index (χ1n) is 3.81. The lowest BCUT2D eigenvalue weighted by Gasteiger charge is -2.00. The molecule has 13 heavy (non-hydrogen) atoms. The van der Waals surface area contributed by atoms with Crippen LogP contribution in [-0.4, -0.2) is 8.42 Å². The maximum atomic E-state index is 11.8. The van der Waals surface area contributed by atoms with E-state index in [1.807, 2.05) is 6.92 Å². The quantitative estimate of drug-likeness (QED) is 0.755. The standard InChI is InChI=1S/C8H10FNO2S/c1-2-7-3-5-8(6-4-7)13(11,12)10-9/h3-6,10H,2H2,1H3. The summed E-state index contributed by atoms with van der Waals surface area (Å²) in [4.78, 5) is 0.705. The minimum Gasteiger partial charge on any atom is -0.205 e. The minimum atomic E-state index is -3.94. The number of halogens is 1. The summed E-state index contributed by atoms with van der Waals surface area (Å²) >= 11 is 0. The Balaban J connectivity index is 3.06. The highest BCUT2D eigenvalue weighted by molar-refractivity contribution is 7.89. The number of aryl methyl sites for hydroxylation is 1. The average molecular weight is 203 g/mol. The van der Waals surface area contributed by atoms with Gasteiger partial charge in [0.2, 0.25) is 0 Å². The Hall–Kier alpha value is -0.940. The highest BCUT2D eigenvalue weighted by Crippen LogP contribution is 2.10. The second-order valence-electron chi connectivity index (χ2n) is 2.58. The van der Waals surface area contributed by atoms with Gasteiger partial charge in [0.25, 0.3) is 10.0 Å². The topological polar surface area (TPSA) is 46.2 Å². The van der Waals surface area contributed by atoms with Crippen LogP contribution in [-0.2, 0) is 16.4 Å². The maximum Gasteiger partial charge on any atom is 0.266 e. The molecule has 1 N–H and O–H groups in total. The first-order chi connectivity index (χ1) is 6.10. The third-order valence-electron chi connectivity index (χ3n) is 1.74. The molecule has 0 radical (unpaired) electrons. The summed E-state index contributed by atoms with van der Waals surface area (Å²) in [5.41, 5.74) is 1.01. The second-order valence-corrected chi connectivity index (χ2v) is 4.21. The molecule has 0 aromatic heterocycles. The molecule has 1 aromatic rings. The third kappa shape index (κ3) is 2.26. The van der Waals surface area contributed by atoms with Gasteiger partial charge in [-0.15, -0.1) is 4.48 Å². The average Bonchev–Trinajstić information content (AvgIpc) is 2.18. The van der Waals surface area contributed by atoms with E-state index in [1.165, 1.54) is 12.1 Å². The van der Waals surface area contributed by atoms with Crippen LogP contribution in [0.4, 0.5) is 4.48 Å². The van der Waals surface area contributed by atoms with Crippen LogP contribution in [0.15, 0.2) is 29.2 Å². The Morgan fingerprint density at radius 3 is 2.23 bits per heavy atom. The molecule has 0 atom stereocenters. The summed E-state index contributed by atoms with van der Waals surface area (Å²) < 4.78 is 33.6. The van der Waals surface area contributed by atoms with Gasteiger partial charge in [-0.3, -0.25) is 0 Å². The lowest BCUT2D eigenvalue weighted by Crippen LogP contribution is -2.14. The normalized spacial score (nSPS) is 11.5. The van der Waals surface area contributed by atoms with Crippen molar-refractivity contribution in [3.63, 3.8) is 0 Å². The first-order valence-corrected chi connectivity index (χ1v) is 5.30. The van der Waals surface area contributed by atoms with Gasteiger partial charge in [0.05, 0.1) is 4.90 Å². The first kappa shape index (κ1) is 10.1. The molecule has 0 heterocycles. The molecule has 0 aliphatic heterocycles. The van der Waals surface area contributed by atoms with E-state index in [0.717, 1.165) is 16.9 Å². The molecule has 0 unspecified atom stereocenters. The molecule has 72 valence electrons. The monoisotopic (exact) mass is 203 g/mol. The van der Waals surface area contributed by atoms with E-state index in [-0.39, 0.29) is 4.90 Å². The van der Waals surface area contributed by atoms with E-state index >= 15 is 0 Å². The van der Waals surface area contributed by atoms with Gasteiger partial charge in [-0.25, -0.2) is 8.42 Å². The number of sulfonamides is 1. The van der Waals surface area contributed by atoms with Crippen molar-refractivity contribution in [2.24, 2.45) is 0 Å². The van der Waals surface area contributed by atoms with Crippen LogP contribution in [0.5, 0.6) is 0 Å². The maximum absolute atomic E-state index is 11.8. The van der Waals surface area contributed by atoms with Crippen LogP contribution in [0.1, 0.15) is 12.5 Å². The van der Waals surface area contributed by atoms with Crippen LogP contribution in [0.2, 0.25) is 0 Å². The van der Waals surface area contributed by atoms with Crippen LogP contribution in [0, 0.1) is 0 Å². The second kappa shape index (κ2) is 3.85. The Kier molecular flexibility index (Phi) is 3.00. The van der Waals surface area contributed by atoms with Crippen molar-refractivity contribution in [2.45, 2.75) is 18.2 Å². The summed E-state index contributed by atoms with van der Waals surface area (Å²) in [7, 11) is -3.94. The van der Waals surface area contributed by atoms with Crippen molar-refractivity contribution < 1.29 is 12.9 Å². The van der Waals surface area contributed by atoms with E-state index in [0.29, 0.717) is 0 Å². The number of nitrogens with one attached hydrogen (secondary N) is 1. The van der Waals surface area contributed by atoms with E-state index in [2.05, 4.69) is 0 Å². The van der Waals surface area contributed by atoms with Crippen LogP contribution in [0.25, 0.3) is 0 Å². The molecule has 5 heteroatoms. The van der Waals surface area contributed by atoms with Crippen molar-refractivity contribution in [3.8, 4) is 0 Å². The lowest BCUT2D eigenvalue weighted by molar-refractivity contribution is 0.425. The predicted molar refractivity (Wildman–Crippen MR) is 47.2 cm³/mol. The van der Waals surface area contributed by atoms with Crippen molar-refractivity contribution in [2.75, 3.05) is 0 Å². The zero-order valence-corrected chi connectivity index (χ0v) is 7.94. The van der Waals surface area contributed by atoms with E-state index in [4.69, 9.17) is 0 Å². The van der Waals surface area contributed by atoms with Crippen molar-refractivity contribution in [1.82, 2.24) is 4.94 Å². The van der Waals surface area contributed by atoms with Gasteiger partial charge in [-0.05, 0) is 29.1 Å². The molecule has 1 rings (SSSR count). The third-order valence-corrected chi connectivity index (χ3v) is 2.84. The molecule has 0 aliphatic rings. The minimum absolute atomic E-state index is 0.0628.